The fourth-order valence-corrected chi connectivity index (χ4v) is 3.57. The Morgan fingerprint density at radius 1 is 0.491 bits per heavy atom. The number of hydrogen-bond donors (Lipinski definition) is 1. The van der Waals surface area contributed by atoms with Gasteiger partial charge < -0.3 is 28.8 Å². The number of halogens is 16. The van der Waals surface area contributed by atoms with Gasteiger partial charge in [-0.05, 0) is 0 Å². The molecule has 0 bridgehead atoms. The summed E-state index contributed by atoms with van der Waals surface area (Å²) < 4.78 is 228. The molecule has 0 spiro atoms. The van der Waals surface area contributed by atoms with Crippen LogP contribution in [0.15, 0.2) is 0 Å². The van der Waals surface area contributed by atoms with Crippen LogP contribution in [0.3, 0.4) is 0 Å². The number of esters is 4. The monoisotopic (exact) mass is 868 g/mol. The zero-order valence-corrected chi connectivity index (χ0v) is 29.7. The molecule has 0 aliphatic carbocycles. The first-order valence-corrected chi connectivity index (χ1v) is 14.3. The molecular formula is C30H28F16O11. The minimum atomic E-state index is -5.75. The molecule has 0 aliphatic rings. The maximum absolute atomic E-state index is 13.9. The van der Waals surface area contributed by atoms with Gasteiger partial charge in [-0.25, -0.2) is 45.5 Å². The number of carbonyl (C=O) groups excluding carboxylic acids is 4. The van der Waals surface area contributed by atoms with Crippen molar-refractivity contribution in [2.45, 2.75) is 43.9 Å². The largest absolute Gasteiger partial charge is 0.522 e. The summed E-state index contributed by atoms with van der Waals surface area (Å²) in [6.07, 6.45) is -9.04. The number of rotatable bonds is 11. The van der Waals surface area contributed by atoms with Crippen LogP contribution >= 0.6 is 0 Å². The van der Waals surface area contributed by atoms with Crippen molar-refractivity contribution >= 4 is 23.9 Å². The number of alkyl halides is 9. The molecule has 0 amide bonds. The molecule has 0 radical (unpaired) electrons. The Bertz CT molecular complexity index is 1690. The predicted octanol–water partition coefficient (Wildman–Crippen LogP) is 7.34. The normalized spacial score (nSPS) is 11.4. The third kappa shape index (κ3) is 12.7. The molecule has 2 rings (SSSR count). The van der Waals surface area contributed by atoms with Crippen LogP contribution < -0.4 is 4.74 Å². The van der Waals surface area contributed by atoms with Crippen molar-refractivity contribution in [3.05, 3.63) is 63.0 Å². The highest BCUT2D eigenvalue weighted by Gasteiger charge is 2.70. The quantitative estimate of drug-likeness (QED) is 0.0797. The van der Waals surface area contributed by atoms with E-state index < -0.39 is 136 Å². The molecular weight excluding hydrogens is 840 g/mol. The molecule has 326 valence electrons. The molecule has 0 aliphatic heterocycles. The highest BCUT2D eigenvalue weighted by atomic mass is 19.4. The van der Waals surface area contributed by atoms with Crippen molar-refractivity contribution < 1.29 is 123 Å². The van der Waals surface area contributed by atoms with Gasteiger partial charge in [0.2, 0.25) is 5.82 Å². The Hall–Kier alpha value is -5.08. The summed E-state index contributed by atoms with van der Waals surface area (Å²) in [5.41, 5.74) is -5.00. The van der Waals surface area contributed by atoms with E-state index >= 15 is 0 Å². The third-order valence-electron chi connectivity index (χ3n) is 6.35. The van der Waals surface area contributed by atoms with Crippen LogP contribution in [-0.4, -0.2) is 102 Å². The van der Waals surface area contributed by atoms with Gasteiger partial charge in [0.05, 0.1) is 42.2 Å². The maximum atomic E-state index is 13.9. The Morgan fingerprint density at radius 3 is 1.05 bits per heavy atom. The molecule has 0 unspecified atom stereocenters. The Balaban J connectivity index is 0. The summed E-state index contributed by atoms with van der Waals surface area (Å²) >= 11 is 0. The van der Waals surface area contributed by atoms with E-state index in [1.54, 1.807) is 0 Å². The SMILES string of the molecule is CCC(F)(F)C(F)(F)C(F)(F)CCOC(F)(F)F.CO.COC(=O)c1c(F)c(F)c(F)c(F)c1C(=O)OC.COC(=O)c1c(F)c(F)c(OC)c(F)c1C(=O)OC. The van der Waals surface area contributed by atoms with E-state index in [9.17, 15) is 89.4 Å². The van der Waals surface area contributed by atoms with Crippen LogP contribution in [0.25, 0.3) is 0 Å². The van der Waals surface area contributed by atoms with Gasteiger partial charge in [0.25, 0.3) is 0 Å². The van der Waals surface area contributed by atoms with Crippen molar-refractivity contribution in [1.29, 1.82) is 0 Å². The molecule has 1 N–H and O–H groups in total. The van der Waals surface area contributed by atoms with Gasteiger partial charge in [-0.1, -0.05) is 6.92 Å². The lowest BCUT2D eigenvalue weighted by atomic mass is 10.0. The van der Waals surface area contributed by atoms with Gasteiger partial charge in [0, 0.05) is 20.0 Å². The van der Waals surface area contributed by atoms with Gasteiger partial charge in [0.15, 0.2) is 40.7 Å². The molecule has 0 atom stereocenters. The standard InChI is InChI=1S/C11H9F3O5.C10H6F4O4.C8H9F9O.CH4O/c1-17-9-7(13)5(11(16)19-3)4(10(15)18-2)6(12)8(9)14;1-17-9(15)3-4(10(16)18-2)6(12)8(14)7(13)5(3)11;1-2-5(9,10)7(13,14)6(11,12)3-4-18-8(15,16)17;1-2/h1-3H3;1-2H3;2-4H2,1H3;2H,1H3. The molecule has 2 aromatic carbocycles. The number of benzene rings is 2. The van der Waals surface area contributed by atoms with E-state index in [2.05, 4.69) is 28.4 Å². The summed E-state index contributed by atoms with van der Waals surface area (Å²) in [6.45, 7) is -1.29. The minimum Gasteiger partial charge on any atom is -0.491 e. The third-order valence-corrected chi connectivity index (χ3v) is 6.35. The summed E-state index contributed by atoms with van der Waals surface area (Å²) in [5, 5.41) is 7.00. The smallest absolute Gasteiger partial charge is 0.491 e. The molecule has 0 aromatic heterocycles. The van der Waals surface area contributed by atoms with Gasteiger partial charge in [-0.15, -0.1) is 13.2 Å². The number of hydrogen-bond acceptors (Lipinski definition) is 11. The number of methoxy groups -OCH3 is 5. The van der Waals surface area contributed by atoms with E-state index in [4.69, 9.17) is 5.11 Å². The molecule has 0 fully saturated rings. The second kappa shape index (κ2) is 22.0. The summed E-state index contributed by atoms with van der Waals surface area (Å²) in [7, 11) is 5.21. The number of aliphatic hydroxyl groups excluding tert-OH is 1. The molecule has 2 aromatic rings. The van der Waals surface area contributed by atoms with Crippen LogP contribution in [0.1, 0.15) is 61.2 Å². The van der Waals surface area contributed by atoms with Crippen molar-refractivity contribution in [2.75, 3.05) is 49.3 Å². The molecule has 0 heterocycles. The van der Waals surface area contributed by atoms with Crippen molar-refractivity contribution in [1.82, 2.24) is 0 Å². The van der Waals surface area contributed by atoms with Crippen LogP contribution in [0.4, 0.5) is 70.2 Å². The number of ether oxygens (including phenoxy) is 6. The van der Waals surface area contributed by atoms with Crippen molar-refractivity contribution in [3.63, 3.8) is 0 Å². The first-order chi connectivity index (χ1) is 26.0. The van der Waals surface area contributed by atoms with Crippen LogP contribution in [0, 0.1) is 40.7 Å². The van der Waals surface area contributed by atoms with E-state index in [1.807, 2.05) is 0 Å². The fourth-order valence-electron chi connectivity index (χ4n) is 3.57. The summed E-state index contributed by atoms with van der Waals surface area (Å²) in [5.74, 6) is -36.6. The Labute approximate surface area is 309 Å². The van der Waals surface area contributed by atoms with E-state index in [1.165, 1.54) is 0 Å². The van der Waals surface area contributed by atoms with Crippen molar-refractivity contribution in [3.8, 4) is 5.75 Å². The highest BCUT2D eigenvalue weighted by Crippen LogP contribution is 2.48. The van der Waals surface area contributed by atoms with Crippen LogP contribution in [0.5, 0.6) is 5.75 Å². The fraction of sp³-hybridized carbons (Fsp3) is 0.467. The van der Waals surface area contributed by atoms with Gasteiger partial charge in [-0.2, -0.15) is 30.7 Å². The topological polar surface area (TPSA) is 144 Å². The van der Waals surface area contributed by atoms with Crippen molar-refractivity contribution in [2.24, 2.45) is 0 Å². The molecule has 27 heteroatoms. The average Bonchev–Trinajstić information content (AvgIpc) is 3.16. The molecule has 11 nitrogen and oxygen atoms in total. The predicted molar refractivity (Wildman–Crippen MR) is 154 cm³/mol. The zero-order valence-electron chi connectivity index (χ0n) is 29.7. The number of aliphatic hydroxyl groups is 1. The zero-order chi connectivity index (χ0) is 45.6. The Morgan fingerprint density at radius 2 is 0.789 bits per heavy atom. The number of carbonyl (C=O) groups is 4. The first kappa shape index (κ1) is 54.0. The summed E-state index contributed by atoms with van der Waals surface area (Å²) in [4.78, 5) is 45.1. The maximum Gasteiger partial charge on any atom is 0.522 e. The second-order valence-corrected chi connectivity index (χ2v) is 9.58. The minimum absolute atomic E-state index is 0.552. The second-order valence-electron chi connectivity index (χ2n) is 9.58. The highest BCUT2D eigenvalue weighted by molar-refractivity contribution is 6.04. The lowest BCUT2D eigenvalue weighted by Gasteiger charge is -2.32. The van der Waals surface area contributed by atoms with E-state index in [0.29, 0.717) is 6.92 Å². The van der Waals surface area contributed by atoms with Gasteiger partial charge >= 0.3 is 48.0 Å². The molecule has 0 saturated carbocycles. The van der Waals surface area contributed by atoms with Gasteiger partial charge in [0.1, 0.15) is 22.3 Å². The lowest BCUT2D eigenvalue weighted by Crippen LogP contribution is -2.54. The Kier molecular flexibility index (Phi) is 20.9. The van der Waals surface area contributed by atoms with E-state index in [-0.39, 0.29) is 0 Å². The molecule has 0 saturated heterocycles. The lowest BCUT2D eigenvalue weighted by molar-refractivity contribution is -0.342. The summed E-state index contributed by atoms with van der Waals surface area (Å²) in [6, 6.07) is 0. The van der Waals surface area contributed by atoms with Crippen LogP contribution in [-0.2, 0) is 23.7 Å². The average molecular weight is 869 g/mol. The van der Waals surface area contributed by atoms with E-state index in [0.717, 1.165) is 42.7 Å². The molecule has 57 heavy (non-hydrogen) atoms. The van der Waals surface area contributed by atoms with Gasteiger partial charge in [-0.3, -0.25) is 4.74 Å². The first-order valence-electron chi connectivity index (χ1n) is 14.3. The van der Waals surface area contributed by atoms with Crippen LogP contribution in [0.2, 0.25) is 0 Å².